The summed E-state index contributed by atoms with van der Waals surface area (Å²) in [6.07, 6.45) is 2.92. The molecular weight excluding hydrogens is 264 g/mol. The lowest BCUT2D eigenvalue weighted by atomic mass is 9.94. The van der Waals surface area contributed by atoms with E-state index < -0.39 is 0 Å². The zero-order valence-electron chi connectivity index (χ0n) is 12.4. The Hall–Kier alpha value is -2.14. The summed E-state index contributed by atoms with van der Waals surface area (Å²) in [5, 5.41) is 10.6. The van der Waals surface area contributed by atoms with Crippen LogP contribution < -0.4 is 10.6 Å². The number of aryl methyl sites for hydroxylation is 2. The van der Waals surface area contributed by atoms with Crippen LogP contribution in [0.3, 0.4) is 0 Å². The number of hydrogen-bond acceptors (Lipinski definition) is 3. The Morgan fingerprint density at radius 1 is 1.48 bits per heavy atom. The maximum absolute atomic E-state index is 12.5. The molecule has 1 atom stereocenters. The van der Waals surface area contributed by atoms with Crippen molar-refractivity contribution < 1.29 is 4.79 Å². The molecule has 0 fully saturated rings. The van der Waals surface area contributed by atoms with E-state index in [-0.39, 0.29) is 11.9 Å². The summed E-state index contributed by atoms with van der Waals surface area (Å²) in [5.41, 5.74) is 4.35. The van der Waals surface area contributed by atoms with E-state index in [1.165, 1.54) is 5.56 Å². The van der Waals surface area contributed by atoms with E-state index in [9.17, 15) is 4.79 Å². The van der Waals surface area contributed by atoms with Gasteiger partial charge in [-0.1, -0.05) is 24.3 Å². The van der Waals surface area contributed by atoms with E-state index in [0.29, 0.717) is 6.54 Å². The topological polar surface area (TPSA) is 59.0 Å². The molecule has 2 aromatic rings. The fraction of sp³-hybridized carbons (Fsp3) is 0.375. The predicted octanol–water partition coefficient (Wildman–Crippen LogP) is 1.23. The molecule has 1 aromatic heterocycles. The van der Waals surface area contributed by atoms with Gasteiger partial charge in [-0.2, -0.15) is 5.10 Å². The van der Waals surface area contributed by atoms with Gasteiger partial charge in [0.1, 0.15) is 6.04 Å². The Morgan fingerprint density at radius 2 is 2.29 bits per heavy atom. The van der Waals surface area contributed by atoms with Gasteiger partial charge in [0.2, 0.25) is 5.91 Å². The number of amides is 1. The minimum absolute atomic E-state index is 0.0189. The van der Waals surface area contributed by atoms with Crippen LogP contribution >= 0.6 is 0 Å². The van der Waals surface area contributed by atoms with Crippen molar-refractivity contribution in [3.05, 3.63) is 52.8 Å². The van der Waals surface area contributed by atoms with Crippen LogP contribution in [-0.4, -0.2) is 22.2 Å². The second-order valence-electron chi connectivity index (χ2n) is 5.47. The van der Waals surface area contributed by atoms with Crippen molar-refractivity contribution in [1.82, 2.24) is 20.4 Å². The van der Waals surface area contributed by atoms with Gasteiger partial charge in [0.05, 0.1) is 5.69 Å². The van der Waals surface area contributed by atoms with Crippen molar-refractivity contribution in [3.63, 3.8) is 0 Å². The molecule has 2 N–H and O–H groups in total. The Morgan fingerprint density at radius 3 is 3.05 bits per heavy atom. The molecule has 5 nitrogen and oxygen atoms in total. The Bertz CT molecular complexity index is 662. The molecular formula is C16H20N4O. The van der Waals surface area contributed by atoms with E-state index in [4.69, 9.17) is 0 Å². The normalized spacial score (nSPS) is 17.3. The van der Waals surface area contributed by atoms with Gasteiger partial charge in [0.25, 0.3) is 0 Å². The first kappa shape index (κ1) is 13.8. The third-order valence-electron chi connectivity index (χ3n) is 3.94. The number of benzene rings is 1. The van der Waals surface area contributed by atoms with Crippen molar-refractivity contribution in [1.29, 1.82) is 0 Å². The van der Waals surface area contributed by atoms with Gasteiger partial charge < -0.3 is 10.6 Å². The summed E-state index contributed by atoms with van der Waals surface area (Å²) in [5.74, 6) is 0.0189. The molecule has 1 amide bonds. The third-order valence-corrected chi connectivity index (χ3v) is 3.94. The molecule has 0 saturated carbocycles. The maximum atomic E-state index is 12.5. The van der Waals surface area contributed by atoms with Crippen LogP contribution in [0.15, 0.2) is 30.5 Å². The van der Waals surface area contributed by atoms with Crippen molar-refractivity contribution in [3.8, 4) is 0 Å². The molecule has 2 heterocycles. The van der Waals surface area contributed by atoms with E-state index in [2.05, 4.69) is 21.8 Å². The van der Waals surface area contributed by atoms with Gasteiger partial charge in [-0.3, -0.25) is 9.48 Å². The number of nitrogens with one attached hydrogen (secondary N) is 2. The van der Waals surface area contributed by atoms with Gasteiger partial charge in [-0.05, 0) is 24.5 Å². The molecule has 0 radical (unpaired) electrons. The maximum Gasteiger partial charge on any atom is 0.242 e. The van der Waals surface area contributed by atoms with Crippen molar-refractivity contribution >= 4 is 5.91 Å². The molecule has 0 saturated heterocycles. The van der Waals surface area contributed by atoms with Gasteiger partial charge in [0.15, 0.2) is 0 Å². The van der Waals surface area contributed by atoms with Gasteiger partial charge in [-0.25, -0.2) is 0 Å². The quantitative estimate of drug-likeness (QED) is 0.891. The largest absolute Gasteiger partial charge is 0.350 e. The molecule has 21 heavy (non-hydrogen) atoms. The molecule has 0 bridgehead atoms. The molecule has 0 spiro atoms. The van der Waals surface area contributed by atoms with Crippen LogP contribution in [0.4, 0.5) is 0 Å². The van der Waals surface area contributed by atoms with E-state index >= 15 is 0 Å². The number of hydrogen-bond donors (Lipinski definition) is 2. The van der Waals surface area contributed by atoms with Crippen LogP contribution in [0.1, 0.15) is 28.4 Å². The van der Waals surface area contributed by atoms with Gasteiger partial charge in [-0.15, -0.1) is 0 Å². The minimum Gasteiger partial charge on any atom is -0.350 e. The lowest BCUT2D eigenvalue weighted by Gasteiger charge is -2.26. The zero-order chi connectivity index (χ0) is 14.8. The molecule has 1 aromatic carbocycles. The SMILES string of the molecule is Cc1nn(C)cc1CNC(=O)C1NCCc2ccccc21. The van der Waals surface area contributed by atoms with Crippen LogP contribution in [0.25, 0.3) is 0 Å². The number of fused-ring (bicyclic) bond motifs is 1. The molecule has 1 aliphatic heterocycles. The molecule has 5 heteroatoms. The summed E-state index contributed by atoms with van der Waals surface area (Å²) in [6, 6.07) is 7.88. The third kappa shape index (κ3) is 2.83. The lowest BCUT2D eigenvalue weighted by Crippen LogP contribution is -2.41. The summed E-state index contributed by atoms with van der Waals surface area (Å²) in [7, 11) is 1.89. The molecule has 3 rings (SSSR count). The number of rotatable bonds is 3. The predicted molar refractivity (Wildman–Crippen MR) is 80.7 cm³/mol. The summed E-state index contributed by atoms with van der Waals surface area (Å²) >= 11 is 0. The van der Waals surface area contributed by atoms with E-state index in [1.54, 1.807) is 4.68 Å². The molecule has 110 valence electrons. The zero-order valence-corrected chi connectivity index (χ0v) is 12.4. The standard InChI is InChI=1S/C16H20N4O/c1-11-13(10-20(2)19-11)9-18-16(21)15-14-6-4-3-5-12(14)7-8-17-15/h3-6,10,15,17H,7-9H2,1-2H3,(H,18,21). The first-order chi connectivity index (χ1) is 10.1. The second kappa shape index (κ2) is 5.69. The van der Waals surface area contributed by atoms with Crippen molar-refractivity contribution in [2.24, 2.45) is 7.05 Å². The monoisotopic (exact) mass is 284 g/mol. The van der Waals surface area contributed by atoms with Crippen molar-refractivity contribution in [2.75, 3.05) is 6.54 Å². The first-order valence-corrected chi connectivity index (χ1v) is 7.23. The average molecular weight is 284 g/mol. The summed E-state index contributed by atoms with van der Waals surface area (Å²) < 4.78 is 1.77. The highest BCUT2D eigenvalue weighted by Crippen LogP contribution is 2.22. The number of carbonyl (C=O) groups is 1. The Balaban J connectivity index is 1.70. The fourth-order valence-corrected chi connectivity index (χ4v) is 2.85. The summed E-state index contributed by atoms with van der Waals surface area (Å²) in [4.78, 5) is 12.5. The highest BCUT2D eigenvalue weighted by atomic mass is 16.2. The molecule has 1 unspecified atom stereocenters. The van der Waals surface area contributed by atoms with Crippen molar-refractivity contribution in [2.45, 2.75) is 25.9 Å². The van der Waals surface area contributed by atoms with Gasteiger partial charge in [0, 0.05) is 31.9 Å². The Labute approximate surface area is 124 Å². The number of nitrogens with zero attached hydrogens (tertiary/aromatic N) is 2. The number of carbonyl (C=O) groups excluding carboxylic acids is 1. The van der Waals surface area contributed by atoms with Crippen LogP contribution in [0, 0.1) is 6.92 Å². The molecule has 0 aliphatic carbocycles. The summed E-state index contributed by atoms with van der Waals surface area (Å²) in [6.45, 7) is 3.30. The van der Waals surface area contributed by atoms with Crippen LogP contribution in [-0.2, 0) is 24.8 Å². The van der Waals surface area contributed by atoms with E-state index in [1.807, 2.05) is 38.4 Å². The first-order valence-electron chi connectivity index (χ1n) is 7.23. The highest BCUT2D eigenvalue weighted by molar-refractivity contribution is 5.83. The molecule has 1 aliphatic rings. The lowest BCUT2D eigenvalue weighted by molar-refractivity contribution is -0.123. The second-order valence-corrected chi connectivity index (χ2v) is 5.47. The average Bonchev–Trinajstić information content (AvgIpc) is 2.82. The smallest absolute Gasteiger partial charge is 0.242 e. The minimum atomic E-state index is -0.257. The highest BCUT2D eigenvalue weighted by Gasteiger charge is 2.25. The Kier molecular flexibility index (Phi) is 3.75. The van der Waals surface area contributed by atoms with Crippen LogP contribution in [0.5, 0.6) is 0 Å². The van der Waals surface area contributed by atoms with Crippen LogP contribution in [0.2, 0.25) is 0 Å². The van der Waals surface area contributed by atoms with E-state index in [0.717, 1.165) is 29.8 Å². The number of aromatic nitrogens is 2. The van der Waals surface area contributed by atoms with Gasteiger partial charge >= 0.3 is 0 Å². The fourth-order valence-electron chi connectivity index (χ4n) is 2.85.